The highest BCUT2D eigenvalue weighted by Gasteiger charge is 2.21. The van der Waals surface area contributed by atoms with Crippen molar-refractivity contribution >= 4 is 65.4 Å². The van der Waals surface area contributed by atoms with Crippen molar-refractivity contribution in [3.63, 3.8) is 0 Å². The van der Waals surface area contributed by atoms with Gasteiger partial charge >= 0.3 is 0 Å². The topological polar surface area (TPSA) is 35.6 Å². The molecule has 0 aliphatic carbocycles. The molecule has 0 bridgehead atoms. The quantitative estimate of drug-likeness (QED) is 0.128. The number of benzene rings is 13. The van der Waals surface area contributed by atoms with Gasteiger partial charge in [0.05, 0.1) is 44.5 Å². The average molecular weight is 1120 g/mol. The van der Waals surface area contributed by atoms with E-state index in [4.69, 9.17) is 9.97 Å². The maximum Gasteiger partial charge on any atom is 0.0978 e. The van der Waals surface area contributed by atoms with Crippen molar-refractivity contribution in [2.24, 2.45) is 0 Å². The van der Waals surface area contributed by atoms with Crippen LogP contribution in [0.15, 0.2) is 328 Å². The molecule has 88 heavy (non-hydrogen) atoms. The van der Waals surface area contributed by atoms with Gasteiger partial charge in [-0.1, -0.05) is 243 Å². The third kappa shape index (κ3) is 8.77. The molecule has 13 aromatic carbocycles. The number of pyridine rings is 2. The molecule has 4 nitrogen and oxygen atoms in total. The van der Waals surface area contributed by atoms with Gasteiger partial charge in [0.1, 0.15) is 0 Å². The fourth-order valence-corrected chi connectivity index (χ4v) is 13.4. The molecule has 0 atom stereocenters. The van der Waals surface area contributed by atoms with E-state index in [1.807, 2.05) is 0 Å². The van der Waals surface area contributed by atoms with Crippen LogP contribution in [-0.2, 0) is 0 Å². The van der Waals surface area contributed by atoms with Crippen LogP contribution in [-0.4, -0.2) is 19.1 Å². The Hall–Kier alpha value is -11.7. The fourth-order valence-electron chi connectivity index (χ4n) is 13.4. The van der Waals surface area contributed by atoms with Crippen LogP contribution in [0, 0.1) is 0 Å². The van der Waals surface area contributed by atoms with E-state index in [-0.39, 0.29) is 0 Å². The third-order valence-corrected chi connectivity index (χ3v) is 17.7. The molecule has 0 saturated heterocycles. The Morgan fingerprint density at radius 1 is 0.182 bits per heavy atom. The molecule has 0 fully saturated rings. The van der Waals surface area contributed by atoms with Crippen molar-refractivity contribution in [3.05, 3.63) is 328 Å². The standard InChI is InChI=1S/C84H54N4/c1-7-21-55(22-8-1)61-37-43-79-73(49-61)74-50-62(56-23-9-2-10-24-56)38-44-80(74)87(79)67-35-19-33-65(47-67)77-53-71(59-29-15-5-16-30-59)69-41-42-70-72(60-31-17-6-18-32-60)54-78(86-84(70)83(69)85-77)66-34-20-36-68(48-66)88-81-45-39-63(57-25-11-3-12-26-57)51-75(81)76-52-64(40-46-82(76)88)58-27-13-4-14-28-58/h1-54H. The summed E-state index contributed by atoms with van der Waals surface area (Å²) in [7, 11) is 0. The van der Waals surface area contributed by atoms with Gasteiger partial charge < -0.3 is 9.13 Å². The number of aromatic nitrogens is 4. The molecule has 17 rings (SSSR count). The Morgan fingerprint density at radius 3 is 0.750 bits per heavy atom. The van der Waals surface area contributed by atoms with Gasteiger partial charge in [-0.3, -0.25) is 0 Å². The molecule has 0 unspecified atom stereocenters. The number of hydrogen-bond donors (Lipinski definition) is 0. The Kier molecular flexibility index (Phi) is 12.2. The minimum atomic E-state index is 0.846. The summed E-state index contributed by atoms with van der Waals surface area (Å²) in [6.07, 6.45) is 0. The lowest BCUT2D eigenvalue weighted by Crippen LogP contribution is -1.98. The van der Waals surface area contributed by atoms with Crippen LogP contribution < -0.4 is 0 Å². The lowest BCUT2D eigenvalue weighted by Gasteiger charge is -2.16. The van der Waals surface area contributed by atoms with E-state index in [0.717, 1.165) is 100 Å². The summed E-state index contributed by atoms with van der Waals surface area (Å²) >= 11 is 0. The largest absolute Gasteiger partial charge is 0.309 e. The fraction of sp³-hybridized carbons (Fsp3) is 0. The lowest BCUT2D eigenvalue weighted by atomic mass is 9.93. The molecule has 0 saturated carbocycles. The molecule has 4 heterocycles. The van der Waals surface area contributed by atoms with E-state index >= 15 is 0 Å². The van der Waals surface area contributed by atoms with E-state index in [1.165, 1.54) is 66.1 Å². The van der Waals surface area contributed by atoms with Crippen LogP contribution in [0.4, 0.5) is 0 Å². The Bertz CT molecular complexity index is 4980. The predicted molar refractivity (Wildman–Crippen MR) is 369 cm³/mol. The predicted octanol–water partition coefficient (Wildman–Crippen LogP) is 22.3. The summed E-state index contributed by atoms with van der Waals surface area (Å²) in [4.78, 5) is 11.6. The van der Waals surface area contributed by atoms with E-state index in [0.29, 0.717) is 0 Å². The molecular weight excluding hydrogens is 1060 g/mol. The van der Waals surface area contributed by atoms with Crippen LogP contribution in [0.25, 0.3) is 166 Å². The molecule has 0 spiro atoms. The lowest BCUT2D eigenvalue weighted by molar-refractivity contribution is 1.18. The molecule has 410 valence electrons. The average Bonchev–Trinajstić information content (AvgIpc) is 1.76. The van der Waals surface area contributed by atoms with Gasteiger partial charge in [-0.2, -0.15) is 0 Å². The highest BCUT2D eigenvalue weighted by Crippen LogP contribution is 2.44. The number of fused-ring (bicyclic) bond motifs is 9. The monoisotopic (exact) mass is 1120 g/mol. The first-order valence-electron chi connectivity index (χ1n) is 30.1. The minimum Gasteiger partial charge on any atom is -0.309 e. The Morgan fingerprint density at radius 2 is 0.455 bits per heavy atom. The summed E-state index contributed by atoms with van der Waals surface area (Å²) in [5, 5.41) is 6.88. The molecule has 17 aromatic rings. The summed E-state index contributed by atoms with van der Waals surface area (Å²) in [6.45, 7) is 0. The first-order valence-corrected chi connectivity index (χ1v) is 30.1. The highest BCUT2D eigenvalue weighted by molar-refractivity contribution is 6.15. The second kappa shape index (κ2) is 21.1. The maximum atomic E-state index is 5.78. The zero-order chi connectivity index (χ0) is 58.1. The molecule has 4 heteroatoms. The first kappa shape index (κ1) is 50.8. The zero-order valence-electron chi connectivity index (χ0n) is 48.0. The van der Waals surface area contributed by atoms with Gasteiger partial charge in [0.25, 0.3) is 0 Å². The summed E-state index contributed by atoms with van der Waals surface area (Å²) in [5.74, 6) is 0. The third-order valence-electron chi connectivity index (χ3n) is 17.7. The van der Waals surface area contributed by atoms with Crippen molar-refractivity contribution < 1.29 is 0 Å². The van der Waals surface area contributed by atoms with Crippen LogP contribution in [0.5, 0.6) is 0 Å². The Labute approximate surface area is 509 Å². The van der Waals surface area contributed by atoms with Gasteiger partial charge in [-0.05, 0) is 152 Å². The summed E-state index contributed by atoms with van der Waals surface area (Å²) in [5.41, 5.74) is 26.1. The first-order chi connectivity index (χ1) is 43.6. The molecule has 0 radical (unpaired) electrons. The number of rotatable bonds is 10. The minimum absolute atomic E-state index is 0.846. The van der Waals surface area contributed by atoms with E-state index in [9.17, 15) is 0 Å². The molecule has 0 aliphatic heterocycles. The molecule has 0 aliphatic rings. The normalized spacial score (nSPS) is 11.6. The van der Waals surface area contributed by atoms with E-state index in [2.05, 4.69) is 337 Å². The van der Waals surface area contributed by atoms with Gasteiger partial charge in [-0.25, -0.2) is 9.97 Å². The summed E-state index contributed by atoms with van der Waals surface area (Å²) < 4.78 is 4.84. The van der Waals surface area contributed by atoms with E-state index < -0.39 is 0 Å². The van der Waals surface area contributed by atoms with Gasteiger partial charge in [0.15, 0.2) is 0 Å². The summed E-state index contributed by atoms with van der Waals surface area (Å²) in [6, 6.07) is 119. The molecule has 0 N–H and O–H groups in total. The van der Waals surface area contributed by atoms with Crippen molar-refractivity contribution in [1.82, 2.24) is 19.1 Å². The zero-order valence-corrected chi connectivity index (χ0v) is 48.0. The van der Waals surface area contributed by atoms with Crippen LogP contribution in [0.2, 0.25) is 0 Å². The van der Waals surface area contributed by atoms with Crippen molar-refractivity contribution in [2.45, 2.75) is 0 Å². The second-order valence-electron chi connectivity index (χ2n) is 22.9. The second-order valence-corrected chi connectivity index (χ2v) is 22.9. The van der Waals surface area contributed by atoms with E-state index in [1.54, 1.807) is 0 Å². The van der Waals surface area contributed by atoms with Crippen LogP contribution >= 0.6 is 0 Å². The molecular formula is C84H54N4. The number of hydrogen-bond acceptors (Lipinski definition) is 2. The highest BCUT2D eigenvalue weighted by atomic mass is 15.0. The smallest absolute Gasteiger partial charge is 0.0978 e. The molecule has 0 amide bonds. The van der Waals surface area contributed by atoms with Crippen molar-refractivity contribution in [2.75, 3.05) is 0 Å². The van der Waals surface area contributed by atoms with Gasteiger partial charge in [0, 0.05) is 54.8 Å². The molecule has 4 aromatic heterocycles. The maximum absolute atomic E-state index is 5.78. The van der Waals surface area contributed by atoms with Crippen molar-refractivity contribution in [3.8, 4) is 101 Å². The SMILES string of the molecule is c1ccc(-c2ccc3c(c2)c2cc(-c4ccccc4)ccc2n3-c2cccc(-c3cc(-c4ccccc4)c4ccc5c(-c6ccccc6)cc(-c6cccc(-n7c8ccc(-c9ccccc9)cc8c8cc(-c9ccccc9)ccc87)c6)nc5c4n3)c2)cc1. The van der Waals surface area contributed by atoms with Gasteiger partial charge in [0.2, 0.25) is 0 Å². The van der Waals surface area contributed by atoms with Gasteiger partial charge in [-0.15, -0.1) is 0 Å². The van der Waals surface area contributed by atoms with Crippen LogP contribution in [0.3, 0.4) is 0 Å². The van der Waals surface area contributed by atoms with Crippen molar-refractivity contribution in [1.29, 1.82) is 0 Å². The number of nitrogens with zero attached hydrogens (tertiary/aromatic N) is 4. The van der Waals surface area contributed by atoms with Crippen LogP contribution in [0.1, 0.15) is 0 Å². The Balaban J connectivity index is 0.856.